The second-order valence-corrected chi connectivity index (χ2v) is 7.55. The van der Waals surface area contributed by atoms with Crippen molar-refractivity contribution in [1.82, 2.24) is 4.98 Å². The number of nitrogens with one attached hydrogen (secondary N) is 1. The van der Waals surface area contributed by atoms with Gasteiger partial charge in [0.15, 0.2) is 0 Å². The predicted octanol–water partition coefficient (Wildman–Crippen LogP) is 2.58. The molecule has 0 unspecified atom stereocenters. The van der Waals surface area contributed by atoms with Crippen molar-refractivity contribution in [1.29, 1.82) is 0 Å². The number of aromatic amines is 1. The number of carbonyl (C=O) groups is 1. The number of sulfonamides is 1. The molecule has 0 aliphatic heterocycles. The second-order valence-electron chi connectivity index (χ2n) is 5.69. The van der Waals surface area contributed by atoms with Crippen LogP contribution in [-0.4, -0.2) is 31.0 Å². The number of H-pyrrole nitrogens is 1. The Hall–Kier alpha value is -3.20. The first-order valence-electron chi connectivity index (χ1n) is 7.92. The minimum absolute atomic E-state index is 0.0499. The third-order valence-electron chi connectivity index (χ3n) is 4.07. The Morgan fingerprint density at radius 3 is 2.44 bits per heavy atom. The molecular weight excluding hydrogens is 375 g/mol. The first kappa shape index (κ1) is 18.6. The summed E-state index contributed by atoms with van der Waals surface area (Å²) >= 11 is 0. The molecule has 1 heterocycles. The van der Waals surface area contributed by atoms with E-state index in [-0.39, 0.29) is 22.5 Å². The van der Waals surface area contributed by atoms with Gasteiger partial charge in [-0.3, -0.25) is 9.10 Å². The highest BCUT2D eigenvalue weighted by atomic mass is 32.2. The summed E-state index contributed by atoms with van der Waals surface area (Å²) in [6, 6.07) is 8.84. The van der Waals surface area contributed by atoms with Gasteiger partial charge < -0.3 is 10.1 Å². The largest absolute Gasteiger partial charge is 0.477 e. The summed E-state index contributed by atoms with van der Waals surface area (Å²) < 4.78 is 40.3. The number of hydrogen-bond acceptors (Lipinski definition) is 4. The minimum atomic E-state index is -4.05. The summed E-state index contributed by atoms with van der Waals surface area (Å²) in [6.45, 7) is 1.70. The number of carboxylic acids is 1. The molecule has 140 valence electrons. The maximum absolute atomic E-state index is 13.1. The monoisotopic (exact) mass is 390 g/mol. The number of halogens is 1. The summed E-state index contributed by atoms with van der Waals surface area (Å²) in [6.07, 6.45) is 1.07. The maximum atomic E-state index is 13.1. The number of nitrogens with zero attached hydrogens (tertiary/aromatic N) is 1. The van der Waals surface area contributed by atoms with Gasteiger partial charge in [-0.2, -0.15) is 0 Å². The lowest BCUT2D eigenvalue weighted by atomic mass is 10.1. The summed E-state index contributed by atoms with van der Waals surface area (Å²) in [5.41, 5.74) is -0.679. The number of carboxylic acid groups (broad SMARTS) is 1. The van der Waals surface area contributed by atoms with E-state index in [4.69, 9.17) is 5.11 Å². The first-order valence-corrected chi connectivity index (χ1v) is 9.36. The molecule has 3 rings (SSSR count). The summed E-state index contributed by atoms with van der Waals surface area (Å²) in [5.74, 6) is -1.90. The maximum Gasteiger partial charge on any atom is 0.341 e. The quantitative estimate of drug-likeness (QED) is 0.696. The van der Waals surface area contributed by atoms with E-state index in [0.29, 0.717) is 5.52 Å². The van der Waals surface area contributed by atoms with Crippen LogP contribution in [0.5, 0.6) is 0 Å². The predicted molar refractivity (Wildman–Crippen MR) is 98.1 cm³/mol. The van der Waals surface area contributed by atoms with Gasteiger partial charge in [-0.1, -0.05) is 0 Å². The fraction of sp³-hybridized carbons (Fsp3) is 0.111. The lowest BCUT2D eigenvalue weighted by molar-refractivity contribution is 0.0695. The van der Waals surface area contributed by atoms with Crippen molar-refractivity contribution in [2.75, 3.05) is 10.8 Å². The van der Waals surface area contributed by atoms with Crippen LogP contribution in [0.25, 0.3) is 10.9 Å². The third-order valence-corrected chi connectivity index (χ3v) is 5.97. The third kappa shape index (κ3) is 3.28. The van der Waals surface area contributed by atoms with E-state index in [9.17, 15) is 22.4 Å². The van der Waals surface area contributed by atoms with Crippen LogP contribution in [0.2, 0.25) is 0 Å². The number of pyridine rings is 1. The Bertz CT molecular complexity index is 1190. The summed E-state index contributed by atoms with van der Waals surface area (Å²) in [4.78, 5) is 26.0. The number of anilines is 1. The molecule has 27 heavy (non-hydrogen) atoms. The minimum Gasteiger partial charge on any atom is -0.477 e. The van der Waals surface area contributed by atoms with Gasteiger partial charge in [-0.25, -0.2) is 17.6 Å². The number of aromatic nitrogens is 1. The van der Waals surface area contributed by atoms with Crippen LogP contribution < -0.4 is 9.73 Å². The molecule has 0 saturated carbocycles. The fourth-order valence-corrected chi connectivity index (χ4v) is 4.24. The van der Waals surface area contributed by atoms with Gasteiger partial charge in [0.1, 0.15) is 11.4 Å². The Morgan fingerprint density at radius 2 is 1.85 bits per heavy atom. The Balaban J connectivity index is 2.17. The molecule has 2 N–H and O–H groups in total. The Morgan fingerprint density at radius 1 is 1.19 bits per heavy atom. The molecule has 0 amide bonds. The van der Waals surface area contributed by atoms with E-state index >= 15 is 0 Å². The molecule has 0 spiro atoms. The zero-order chi connectivity index (χ0) is 19.8. The Labute approximate surface area is 153 Å². The number of fused-ring (bicyclic) bond motifs is 1. The van der Waals surface area contributed by atoms with Gasteiger partial charge >= 0.3 is 5.97 Å². The SMILES string of the molecule is CCN(c1ccc(F)cc1)S(=O)(=O)c1ccc2[nH]cc(C(=O)O)c(=O)c2c1. The molecular formula is C18H15FN2O5S. The smallest absolute Gasteiger partial charge is 0.341 e. The van der Waals surface area contributed by atoms with E-state index in [1.807, 2.05) is 0 Å². The number of hydrogen-bond donors (Lipinski definition) is 2. The van der Waals surface area contributed by atoms with Gasteiger partial charge in [0.05, 0.1) is 10.6 Å². The summed E-state index contributed by atoms with van der Waals surface area (Å²) in [5, 5.41) is 9.02. The van der Waals surface area contributed by atoms with Crippen LogP contribution in [0.1, 0.15) is 17.3 Å². The zero-order valence-electron chi connectivity index (χ0n) is 14.1. The molecule has 3 aromatic rings. The van der Waals surface area contributed by atoms with Crippen molar-refractivity contribution in [2.24, 2.45) is 0 Å². The van der Waals surface area contributed by atoms with Crippen molar-refractivity contribution >= 4 is 32.6 Å². The van der Waals surface area contributed by atoms with Crippen molar-refractivity contribution < 1.29 is 22.7 Å². The number of rotatable bonds is 5. The Kier molecular flexibility index (Phi) is 4.71. The molecule has 1 aromatic heterocycles. The lowest BCUT2D eigenvalue weighted by Crippen LogP contribution is -2.31. The molecule has 7 nitrogen and oxygen atoms in total. The topological polar surface area (TPSA) is 108 Å². The number of aromatic carboxylic acids is 1. The number of benzene rings is 2. The fourth-order valence-electron chi connectivity index (χ4n) is 2.74. The zero-order valence-corrected chi connectivity index (χ0v) is 15.0. The normalized spacial score (nSPS) is 11.5. The average molecular weight is 390 g/mol. The molecule has 2 aromatic carbocycles. The highest BCUT2D eigenvalue weighted by Gasteiger charge is 2.24. The first-order chi connectivity index (χ1) is 12.8. The van der Waals surface area contributed by atoms with E-state index in [0.717, 1.165) is 28.7 Å². The van der Waals surface area contributed by atoms with Crippen LogP contribution in [0.4, 0.5) is 10.1 Å². The van der Waals surface area contributed by atoms with Gasteiger partial charge in [-0.05, 0) is 49.4 Å². The van der Waals surface area contributed by atoms with E-state index in [1.54, 1.807) is 6.92 Å². The average Bonchev–Trinajstić information content (AvgIpc) is 2.63. The van der Waals surface area contributed by atoms with Gasteiger partial charge in [-0.15, -0.1) is 0 Å². The van der Waals surface area contributed by atoms with Crippen LogP contribution in [-0.2, 0) is 10.0 Å². The van der Waals surface area contributed by atoms with E-state index in [2.05, 4.69) is 4.98 Å². The molecule has 0 aliphatic rings. The second kappa shape index (κ2) is 6.84. The van der Waals surface area contributed by atoms with Crippen molar-refractivity contribution in [2.45, 2.75) is 11.8 Å². The van der Waals surface area contributed by atoms with Gasteiger partial charge in [0.25, 0.3) is 10.0 Å². The highest BCUT2D eigenvalue weighted by molar-refractivity contribution is 7.92. The molecule has 9 heteroatoms. The van der Waals surface area contributed by atoms with Crippen molar-refractivity contribution in [3.63, 3.8) is 0 Å². The standard InChI is InChI=1S/C18H15FN2O5S/c1-2-21(12-5-3-11(19)4-6-12)27(25,26)13-7-8-16-14(9-13)17(22)15(10-20-16)18(23)24/h3-10H,2H2,1H3,(H,20,22)(H,23,24). The van der Waals surface area contributed by atoms with Gasteiger partial charge in [0.2, 0.25) is 5.43 Å². The van der Waals surface area contributed by atoms with Crippen molar-refractivity contribution in [3.05, 3.63) is 70.3 Å². The highest BCUT2D eigenvalue weighted by Crippen LogP contribution is 2.25. The van der Waals surface area contributed by atoms with Crippen LogP contribution in [0.3, 0.4) is 0 Å². The molecule has 0 fully saturated rings. The van der Waals surface area contributed by atoms with Gasteiger partial charge in [0, 0.05) is 23.6 Å². The molecule has 0 radical (unpaired) electrons. The molecule has 0 aliphatic carbocycles. The van der Waals surface area contributed by atoms with Crippen LogP contribution in [0.15, 0.2) is 58.4 Å². The van der Waals surface area contributed by atoms with Crippen LogP contribution in [0, 0.1) is 5.82 Å². The van der Waals surface area contributed by atoms with E-state index in [1.165, 1.54) is 24.3 Å². The van der Waals surface area contributed by atoms with Crippen molar-refractivity contribution in [3.8, 4) is 0 Å². The molecule has 0 atom stereocenters. The van der Waals surface area contributed by atoms with Crippen LogP contribution >= 0.6 is 0 Å². The molecule has 0 bridgehead atoms. The lowest BCUT2D eigenvalue weighted by Gasteiger charge is -2.23. The van der Waals surface area contributed by atoms with E-state index < -0.39 is 32.8 Å². The summed E-state index contributed by atoms with van der Waals surface area (Å²) in [7, 11) is -4.05. The molecule has 0 saturated heterocycles.